The molecular weight excluding hydrogens is 494 g/mol. The normalized spacial score (nSPS) is 14.5. The fourth-order valence-corrected chi connectivity index (χ4v) is 5.13. The summed E-state index contributed by atoms with van der Waals surface area (Å²) in [5, 5.41) is 11.9. The van der Waals surface area contributed by atoms with Crippen molar-refractivity contribution < 1.29 is 9.53 Å². The third-order valence-electron chi connectivity index (χ3n) is 6.26. The summed E-state index contributed by atoms with van der Waals surface area (Å²) in [4.78, 5) is 18.4. The number of carbonyl (C=O) groups excluding carboxylic acids is 1. The lowest BCUT2D eigenvalue weighted by atomic mass is 9.95. The number of aromatic nitrogens is 3. The third-order valence-corrected chi connectivity index (χ3v) is 7.17. The highest BCUT2D eigenvalue weighted by atomic mass is 32.2. The number of rotatable bonds is 10. The van der Waals surface area contributed by atoms with Gasteiger partial charge in [0.15, 0.2) is 0 Å². The van der Waals surface area contributed by atoms with Crippen molar-refractivity contribution in [2.45, 2.75) is 43.6 Å². The zero-order valence-corrected chi connectivity index (χ0v) is 22.4. The van der Waals surface area contributed by atoms with E-state index in [0.717, 1.165) is 41.3 Å². The summed E-state index contributed by atoms with van der Waals surface area (Å²) in [5.41, 5.74) is 4.15. The predicted molar refractivity (Wildman–Crippen MR) is 152 cm³/mol. The van der Waals surface area contributed by atoms with Gasteiger partial charge in [-0.15, -0.1) is 5.10 Å². The van der Waals surface area contributed by atoms with Gasteiger partial charge in [-0.1, -0.05) is 85.8 Å². The van der Waals surface area contributed by atoms with Gasteiger partial charge in [-0.2, -0.15) is 4.98 Å². The number of ether oxygens (including phenoxy) is 1. The second-order valence-corrected chi connectivity index (χ2v) is 10.0. The number of hydrogen-bond acceptors (Lipinski definition) is 6. The van der Waals surface area contributed by atoms with Crippen molar-refractivity contribution in [2.75, 3.05) is 17.2 Å². The summed E-state index contributed by atoms with van der Waals surface area (Å²) < 4.78 is 7.81. The van der Waals surface area contributed by atoms with Gasteiger partial charge in [-0.25, -0.2) is 4.68 Å². The van der Waals surface area contributed by atoms with E-state index in [0.29, 0.717) is 23.3 Å². The Morgan fingerprint density at radius 2 is 1.82 bits per heavy atom. The lowest BCUT2D eigenvalue weighted by Crippen LogP contribution is -2.31. The molecular formula is C30H31N5O2S. The molecule has 0 bridgehead atoms. The minimum absolute atomic E-state index is 0.192. The van der Waals surface area contributed by atoms with Crippen molar-refractivity contribution in [1.29, 1.82) is 0 Å². The van der Waals surface area contributed by atoms with Gasteiger partial charge in [0.2, 0.25) is 11.1 Å². The molecule has 38 heavy (non-hydrogen) atoms. The summed E-state index contributed by atoms with van der Waals surface area (Å²) >= 11 is 1.57. The number of amides is 1. The average molecular weight is 526 g/mol. The first-order valence-corrected chi connectivity index (χ1v) is 13.8. The second-order valence-electron chi connectivity index (χ2n) is 9.10. The summed E-state index contributed by atoms with van der Waals surface area (Å²) in [6.07, 6.45) is 2.04. The highest BCUT2D eigenvalue weighted by Crippen LogP contribution is 2.38. The fraction of sp³-hybridized carbons (Fsp3) is 0.233. The summed E-state index contributed by atoms with van der Waals surface area (Å²) in [7, 11) is 0. The van der Waals surface area contributed by atoms with Crippen LogP contribution < -0.4 is 15.4 Å². The van der Waals surface area contributed by atoms with E-state index in [2.05, 4.69) is 29.7 Å². The molecule has 0 saturated carbocycles. The lowest BCUT2D eigenvalue weighted by molar-refractivity contribution is -0.113. The first-order valence-electron chi connectivity index (χ1n) is 12.8. The van der Waals surface area contributed by atoms with Crippen LogP contribution in [0.2, 0.25) is 0 Å². The number of fused-ring (bicyclic) bond motifs is 1. The molecule has 1 atom stereocenters. The predicted octanol–water partition coefficient (Wildman–Crippen LogP) is 6.68. The van der Waals surface area contributed by atoms with Gasteiger partial charge in [-0.3, -0.25) is 4.79 Å². The molecule has 1 aromatic heterocycles. The molecule has 7 nitrogen and oxygen atoms in total. The first kappa shape index (κ1) is 25.6. The van der Waals surface area contributed by atoms with Gasteiger partial charge < -0.3 is 15.4 Å². The van der Waals surface area contributed by atoms with E-state index >= 15 is 0 Å². The Kier molecular flexibility index (Phi) is 8.09. The average Bonchev–Trinajstić information content (AvgIpc) is 3.35. The maximum Gasteiger partial charge on any atom is 0.255 e. The zero-order chi connectivity index (χ0) is 26.3. The molecule has 0 radical (unpaired) electrons. The minimum atomic E-state index is -0.469. The van der Waals surface area contributed by atoms with Crippen LogP contribution >= 0.6 is 11.8 Å². The van der Waals surface area contributed by atoms with Crippen molar-refractivity contribution in [1.82, 2.24) is 14.8 Å². The highest BCUT2D eigenvalue weighted by Gasteiger charge is 2.34. The largest absolute Gasteiger partial charge is 0.494 e. The highest BCUT2D eigenvalue weighted by molar-refractivity contribution is 7.98. The molecule has 1 unspecified atom stereocenters. The van der Waals surface area contributed by atoms with Crippen LogP contribution in [0.5, 0.6) is 5.75 Å². The molecule has 0 spiro atoms. The van der Waals surface area contributed by atoms with Crippen LogP contribution in [0.4, 0.5) is 11.6 Å². The molecule has 2 heterocycles. The van der Waals surface area contributed by atoms with Crippen LogP contribution in [-0.2, 0) is 10.5 Å². The molecule has 1 aliphatic rings. The smallest absolute Gasteiger partial charge is 0.255 e. The molecule has 0 fully saturated rings. The molecule has 2 N–H and O–H groups in total. The van der Waals surface area contributed by atoms with E-state index in [1.54, 1.807) is 11.8 Å². The molecule has 1 aliphatic heterocycles. The number of allylic oxidation sites excluding steroid dienone is 1. The van der Waals surface area contributed by atoms with Gasteiger partial charge in [0, 0.05) is 17.1 Å². The topological polar surface area (TPSA) is 81.1 Å². The van der Waals surface area contributed by atoms with Crippen LogP contribution in [0, 0.1) is 0 Å². The van der Waals surface area contributed by atoms with Crippen molar-refractivity contribution in [3.05, 3.63) is 107 Å². The number of nitrogens with zero attached hydrogens (tertiary/aromatic N) is 3. The molecule has 5 rings (SSSR count). The number of thioether (sulfide) groups is 1. The summed E-state index contributed by atoms with van der Waals surface area (Å²) in [6.45, 7) is 4.69. The first-order chi connectivity index (χ1) is 18.6. The third kappa shape index (κ3) is 5.92. The number of anilines is 2. The summed E-state index contributed by atoms with van der Waals surface area (Å²) in [5.74, 6) is 1.94. The SMILES string of the molecule is CCCCOc1cccc(C2C(C(=O)Nc3ccccc3)=C(C)Nc3nc(SCc4ccccc4)nn32)c1. The second kappa shape index (κ2) is 12.0. The Labute approximate surface area is 227 Å². The number of unbranched alkanes of at least 4 members (excludes halogenated alkanes) is 1. The van der Waals surface area contributed by atoms with Gasteiger partial charge in [0.05, 0.1) is 12.2 Å². The fourth-order valence-electron chi connectivity index (χ4n) is 4.35. The Morgan fingerprint density at radius 3 is 2.58 bits per heavy atom. The van der Waals surface area contributed by atoms with Crippen LogP contribution in [-0.4, -0.2) is 27.3 Å². The van der Waals surface area contributed by atoms with Crippen molar-refractivity contribution >= 4 is 29.3 Å². The van der Waals surface area contributed by atoms with Gasteiger partial charge in [0.25, 0.3) is 5.91 Å². The van der Waals surface area contributed by atoms with Crippen LogP contribution in [0.25, 0.3) is 0 Å². The number of nitrogens with one attached hydrogen (secondary N) is 2. The van der Waals surface area contributed by atoms with E-state index in [4.69, 9.17) is 14.8 Å². The molecule has 8 heteroatoms. The van der Waals surface area contributed by atoms with Gasteiger partial charge in [0.1, 0.15) is 11.8 Å². The number of para-hydroxylation sites is 1. The standard InChI is InChI=1S/C30H31N5O2S/c1-3-4-18-37-25-17-11-14-23(19-25)27-26(28(36)32-24-15-9-6-10-16-24)21(2)31-29-33-30(34-35(27)29)38-20-22-12-7-5-8-13-22/h5-17,19,27H,3-4,18,20H2,1-2H3,(H,32,36)(H,31,33,34). The summed E-state index contributed by atoms with van der Waals surface area (Å²) in [6, 6.07) is 27.2. The minimum Gasteiger partial charge on any atom is -0.494 e. The Balaban J connectivity index is 1.49. The molecule has 1 amide bonds. The van der Waals surface area contributed by atoms with Crippen LogP contribution in [0.3, 0.4) is 0 Å². The van der Waals surface area contributed by atoms with Crippen molar-refractivity contribution in [2.24, 2.45) is 0 Å². The monoisotopic (exact) mass is 525 g/mol. The van der Waals surface area contributed by atoms with Gasteiger partial charge in [-0.05, 0) is 48.7 Å². The van der Waals surface area contributed by atoms with Crippen molar-refractivity contribution in [3.63, 3.8) is 0 Å². The number of carbonyl (C=O) groups is 1. The Hall–Kier alpha value is -4.04. The zero-order valence-electron chi connectivity index (χ0n) is 21.6. The maximum absolute atomic E-state index is 13.7. The lowest BCUT2D eigenvalue weighted by Gasteiger charge is -2.29. The van der Waals surface area contributed by atoms with E-state index < -0.39 is 6.04 Å². The van der Waals surface area contributed by atoms with Crippen LogP contribution in [0.1, 0.15) is 43.9 Å². The van der Waals surface area contributed by atoms with Gasteiger partial charge >= 0.3 is 0 Å². The van der Waals surface area contributed by atoms with E-state index in [9.17, 15) is 4.79 Å². The van der Waals surface area contributed by atoms with E-state index in [-0.39, 0.29) is 5.91 Å². The molecule has 3 aromatic carbocycles. The number of hydrogen-bond donors (Lipinski definition) is 2. The molecule has 4 aromatic rings. The molecule has 0 aliphatic carbocycles. The Morgan fingerprint density at radius 1 is 1.05 bits per heavy atom. The maximum atomic E-state index is 13.7. The molecule has 0 saturated heterocycles. The Bertz CT molecular complexity index is 1420. The van der Waals surface area contributed by atoms with E-state index in [1.165, 1.54) is 5.56 Å². The van der Waals surface area contributed by atoms with Crippen LogP contribution in [0.15, 0.2) is 101 Å². The molecule has 194 valence electrons. The van der Waals surface area contributed by atoms with Crippen molar-refractivity contribution in [3.8, 4) is 5.75 Å². The van der Waals surface area contributed by atoms with E-state index in [1.807, 2.05) is 84.4 Å². The quantitative estimate of drug-likeness (QED) is 0.178. The number of benzene rings is 3.